The molecule has 4 nitrogen and oxygen atoms in total. The maximum atomic E-state index is 10.8. The monoisotopic (exact) mass is 189 g/mol. The molecule has 2 N–H and O–H groups in total. The summed E-state index contributed by atoms with van der Waals surface area (Å²) in [4.78, 5) is 0. The van der Waals surface area contributed by atoms with E-state index in [4.69, 9.17) is 10.2 Å². The molecule has 0 bridgehead atoms. The van der Waals surface area contributed by atoms with Gasteiger partial charge in [-0.25, -0.2) is 8.42 Å². The van der Waals surface area contributed by atoms with E-state index in [2.05, 4.69) is 0 Å². The van der Waals surface area contributed by atoms with Crippen LogP contribution in [0.1, 0.15) is 11.8 Å². The second kappa shape index (κ2) is 3.28. The van der Waals surface area contributed by atoms with Crippen molar-refractivity contribution in [2.75, 3.05) is 12.0 Å². The third kappa shape index (κ3) is 2.67. The van der Waals surface area contributed by atoms with Gasteiger partial charge in [0, 0.05) is 6.26 Å². The fourth-order valence-corrected chi connectivity index (χ4v) is 1.73. The largest absolute Gasteiger partial charge is 0.468 e. The van der Waals surface area contributed by atoms with Crippen LogP contribution in [0.4, 0.5) is 0 Å². The number of sulfone groups is 1. The minimum absolute atomic E-state index is 0.0828. The first-order chi connectivity index (χ1) is 5.49. The van der Waals surface area contributed by atoms with E-state index in [0.29, 0.717) is 5.76 Å². The number of furan rings is 1. The summed E-state index contributed by atoms with van der Waals surface area (Å²) in [6.45, 7) is 0. The summed E-state index contributed by atoms with van der Waals surface area (Å²) in [5.74, 6) is 0.418. The molecule has 0 aliphatic carbocycles. The van der Waals surface area contributed by atoms with E-state index in [9.17, 15) is 8.42 Å². The molecule has 0 spiro atoms. The summed E-state index contributed by atoms with van der Waals surface area (Å²) in [5, 5.41) is 0. The van der Waals surface area contributed by atoms with Gasteiger partial charge < -0.3 is 10.2 Å². The summed E-state index contributed by atoms with van der Waals surface area (Å²) < 4.78 is 26.6. The molecule has 5 heteroatoms. The Morgan fingerprint density at radius 3 is 2.75 bits per heavy atom. The van der Waals surface area contributed by atoms with Crippen molar-refractivity contribution in [2.24, 2.45) is 5.73 Å². The zero-order chi connectivity index (χ0) is 9.19. The Morgan fingerprint density at radius 2 is 2.33 bits per heavy atom. The second-order valence-corrected chi connectivity index (χ2v) is 4.90. The Labute approximate surface area is 71.3 Å². The van der Waals surface area contributed by atoms with E-state index in [-0.39, 0.29) is 5.75 Å². The maximum Gasteiger partial charge on any atom is 0.149 e. The van der Waals surface area contributed by atoms with E-state index in [0.717, 1.165) is 6.26 Å². The lowest BCUT2D eigenvalue weighted by Gasteiger charge is -2.05. The van der Waals surface area contributed by atoms with Crippen LogP contribution in [0.2, 0.25) is 0 Å². The summed E-state index contributed by atoms with van der Waals surface area (Å²) in [6.07, 6.45) is 2.62. The molecule has 0 aromatic carbocycles. The van der Waals surface area contributed by atoms with Crippen molar-refractivity contribution in [3.05, 3.63) is 24.2 Å². The van der Waals surface area contributed by atoms with Crippen molar-refractivity contribution >= 4 is 9.84 Å². The van der Waals surface area contributed by atoms with E-state index in [1.54, 1.807) is 12.1 Å². The first kappa shape index (κ1) is 9.28. The lowest BCUT2D eigenvalue weighted by molar-refractivity contribution is 0.478. The molecule has 0 aliphatic heterocycles. The SMILES string of the molecule is CS(=O)(=O)CC(N)c1ccco1. The molecule has 0 saturated heterocycles. The fourth-order valence-electron chi connectivity index (χ4n) is 0.911. The number of hydrogen-bond acceptors (Lipinski definition) is 4. The number of nitrogens with two attached hydrogens (primary N) is 1. The lowest BCUT2D eigenvalue weighted by Crippen LogP contribution is -2.20. The highest BCUT2D eigenvalue weighted by molar-refractivity contribution is 7.90. The van der Waals surface area contributed by atoms with E-state index >= 15 is 0 Å². The predicted octanol–water partition coefficient (Wildman–Crippen LogP) is 0.324. The normalized spacial score (nSPS) is 14.5. The standard InChI is InChI=1S/C7H11NO3S/c1-12(9,10)5-6(8)7-3-2-4-11-7/h2-4,6H,5,8H2,1H3. The molecule has 0 radical (unpaired) electrons. The first-order valence-corrected chi connectivity index (χ1v) is 5.52. The van der Waals surface area contributed by atoms with Crippen molar-refractivity contribution in [1.82, 2.24) is 0 Å². The Bertz CT molecular complexity index is 328. The van der Waals surface area contributed by atoms with Gasteiger partial charge in [-0.1, -0.05) is 0 Å². The number of hydrogen-bond donors (Lipinski definition) is 1. The Morgan fingerprint density at radius 1 is 1.67 bits per heavy atom. The molecule has 0 saturated carbocycles. The van der Waals surface area contributed by atoms with Gasteiger partial charge in [0.15, 0.2) is 0 Å². The van der Waals surface area contributed by atoms with Crippen molar-refractivity contribution < 1.29 is 12.8 Å². The molecular formula is C7H11NO3S. The highest BCUT2D eigenvalue weighted by Gasteiger charge is 2.14. The Hall–Kier alpha value is -0.810. The minimum atomic E-state index is -3.03. The molecule has 1 aromatic heterocycles. The fraction of sp³-hybridized carbons (Fsp3) is 0.429. The zero-order valence-electron chi connectivity index (χ0n) is 6.73. The smallest absolute Gasteiger partial charge is 0.149 e. The van der Waals surface area contributed by atoms with Gasteiger partial charge in [-0.2, -0.15) is 0 Å². The lowest BCUT2D eigenvalue weighted by atomic mass is 10.3. The minimum Gasteiger partial charge on any atom is -0.468 e. The molecule has 1 atom stereocenters. The van der Waals surface area contributed by atoms with Crippen LogP contribution in [-0.2, 0) is 9.84 Å². The average Bonchev–Trinajstić information content (AvgIpc) is 2.32. The van der Waals surface area contributed by atoms with Crippen LogP contribution >= 0.6 is 0 Å². The summed E-state index contributed by atoms with van der Waals surface area (Å²) in [6, 6.07) is 2.78. The van der Waals surface area contributed by atoms with E-state index in [1.807, 2.05) is 0 Å². The summed E-state index contributed by atoms with van der Waals surface area (Å²) >= 11 is 0. The van der Waals surface area contributed by atoms with Crippen LogP contribution in [0, 0.1) is 0 Å². The Kier molecular flexibility index (Phi) is 2.54. The van der Waals surface area contributed by atoms with Crippen molar-refractivity contribution in [2.45, 2.75) is 6.04 Å². The van der Waals surface area contributed by atoms with Crippen LogP contribution in [0.15, 0.2) is 22.8 Å². The van der Waals surface area contributed by atoms with Gasteiger partial charge in [0.2, 0.25) is 0 Å². The van der Waals surface area contributed by atoms with Gasteiger partial charge in [0.25, 0.3) is 0 Å². The van der Waals surface area contributed by atoms with Gasteiger partial charge in [-0.05, 0) is 12.1 Å². The molecule has 1 heterocycles. The van der Waals surface area contributed by atoms with Crippen LogP contribution in [-0.4, -0.2) is 20.4 Å². The highest BCUT2D eigenvalue weighted by Crippen LogP contribution is 2.11. The third-order valence-electron chi connectivity index (χ3n) is 1.39. The van der Waals surface area contributed by atoms with Crippen molar-refractivity contribution in [3.63, 3.8) is 0 Å². The quantitative estimate of drug-likeness (QED) is 0.743. The van der Waals surface area contributed by atoms with Gasteiger partial charge >= 0.3 is 0 Å². The topological polar surface area (TPSA) is 73.3 Å². The molecule has 0 fully saturated rings. The average molecular weight is 189 g/mol. The summed E-state index contributed by atoms with van der Waals surface area (Å²) in [5.41, 5.74) is 5.55. The maximum absolute atomic E-state index is 10.8. The zero-order valence-corrected chi connectivity index (χ0v) is 7.54. The molecular weight excluding hydrogens is 178 g/mol. The first-order valence-electron chi connectivity index (χ1n) is 3.46. The predicted molar refractivity (Wildman–Crippen MR) is 45.3 cm³/mol. The van der Waals surface area contributed by atoms with Crippen LogP contribution < -0.4 is 5.73 Å². The van der Waals surface area contributed by atoms with E-state index in [1.165, 1.54) is 6.26 Å². The van der Waals surface area contributed by atoms with Gasteiger partial charge in [0.1, 0.15) is 15.6 Å². The second-order valence-electron chi connectivity index (χ2n) is 2.71. The van der Waals surface area contributed by atoms with Crippen molar-refractivity contribution in [3.8, 4) is 0 Å². The van der Waals surface area contributed by atoms with Gasteiger partial charge in [-0.3, -0.25) is 0 Å². The van der Waals surface area contributed by atoms with Gasteiger partial charge in [-0.15, -0.1) is 0 Å². The van der Waals surface area contributed by atoms with Gasteiger partial charge in [0.05, 0.1) is 18.1 Å². The molecule has 1 rings (SSSR count). The highest BCUT2D eigenvalue weighted by atomic mass is 32.2. The third-order valence-corrected chi connectivity index (χ3v) is 2.36. The summed E-state index contributed by atoms with van der Waals surface area (Å²) in [7, 11) is -3.03. The van der Waals surface area contributed by atoms with Crippen LogP contribution in [0.3, 0.4) is 0 Å². The van der Waals surface area contributed by atoms with Crippen molar-refractivity contribution in [1.29, 1.82) is 0 Å². The molecule has 12 heavy (non-hydrogen) atoms. The number of rotatable bonds is 3. The molecule has 0 amide bonds. The molecule has 0 aliphatic rings. The van der Waals surface area contributed by atoms with Crippen LogP contribution in [0.5, 0.6) is 0 Å². The molecule has 1 aromatic rings. The Balaban J connectivity index is 2.68. The van der Waals surface area contributed by atoms with E-state index < -0.39 is 15.9 Å². The molecule has 1 unspecified atom stereocenters. The van der Waals surface area contributed by atoms with Crippen LogP contribution in [0.25, 0.3) is 0 Å². The molecule has 68 valence electrons.